The summed E-state index contributed by atoms with van der Waals surface area (Å²) < 4.78 is 2.19. The lowest BCUT2D eigenvalue weighted by atomic mass is 10.4. The van der Waals surface area contributed by atoms with Crippen LogP contribution in [0.5, 0.6) is 0 Å². The second kappa shape index (κ2) is 5.14. The minimum Gasteiger partial charge on any atom is -0.274 e. The van der Waals surface area contributed by atoms with Crippen LogP contribution in [-0.4, -0.2) is 18.8 Å². The quantitative estimate of drug-likeness (QED) is 0.781. The van der Waals surface area contributed by atoms with Crippen LogP contribution in [0.15, 0.2) is 60.7 Å². The van der Waals surface area contributed by atoms with Crippen LogP contribution in [-0.2, 0) is 11.8 Å². The Morgan fingerprint density at radius 2 is 1.12 bits per heavy atom. The van der Waals surface area contributed by atoms with Gasteiger partial charge in [-0.1, -0.05) is 72.5 Å². The van der Waals surface area contributed by atoms with Crippen LogP contribution in [0.2, 0.25) is 0 Å². The molecule has 1 nitrogen and oxygen atoms in total. The predicted molar refractivity (Wildman–Crippen MR) is 80.1 cm³/mol. The van der Waals surface area contributed by atoms with E-state index in [0.29, 0.717) is 0 Å². The Labute approximate surface area is 108 Å². The molecule has 0 aliphatic rings. The molecule has 0 amide bonds. The van der Waals surface area contributed by atoms with Gasteiger partial charge >= 0.3 is 0 Å². The van der Waals surface area contributed by atoms with Gasteiger partial charge in [-0.05, 0) is 14.1 Å². The van der Waals surface area contributed by atoms with Crippen molar-refractivity contribution in [2.45, 2.75) is 0 Å². The molecule has 17 heavy (non-hydrogen) atoms. The zero-order chi connectivity index (χ0) is 12.3. The fraction of sp³-hybridized carbons (Fsp3) is 0.143. The monoisotopic (exact) mass is 261 g/mol. The molecule has 2 aromatic rings. The summed E-state index contributed by atoms with van der Waals surface area (Å²) in [6.07, 6.45) is -1.83. The molecular weight excluding hydrogens is 245 g/mol. The maximum Gasteiger partial charge on any atom is 0.0704 e. The Balaban J connectivity index is 2.60. The van der Waals surface area contributed by atoms with Gasteiger partial charge in [0.25, 0.3) is 0 Å². The average molecular weight is 261 g/mol. The minimum absolute atomic E-state index is 1.24. The fourth-order valence-electron chi connectivity index (χ4n) is 1.87. The molecule has 0 saturated heterocycles. The van der Waals surface area contributed by atoms with E-state index in [0.717, 1.165) is 0 Å². The molecule has 3 heteroatoms. The lowest BCUT2D eigenvalue weighted by Gasteiger charge is -2.29. The Hall–Kier alpha value is -0.950. The molecule has 0 saturated carbocycles. The smallest absolute Gasteiger partial charge is 0.0704 e. The van der Waals surface area contributed by atoms with Crippen molar-refractivity contribution in [3.8, 4) is 0 Å². The van der Waals surface area contributed by atoms with E-state index in [9.17, 15) is 0 Å². The van der Waals surface area contributed by atoms with Gasteiger partial charge in [-0.2, -0.15) is 0 Å². The largest absolute Gasteiger partial charge is 0.274 e. The van der Waals surface area contributed by atoms with Crippen molar-refractivity contribution >= 4 is 28.6 Å². The topological polar surface area (TPSA) is 3.24 Å². The molecule has 0 spiro atoms. The molecule has 2 rings (SSSR count). The number of benzene rings is 2. The summed E-state index contributed by atoms with van der Waals surface area (Å²) in [5.41, 5.74) is 0. The number of hydrogen-bond acceptors (Lipinski definition) is 1. The fourth-order valence-corrected chi connectivity index (χ4v) is 4.98. The highest BCUT2D eigenvalue weighted by Gasteiger charge is 2.24. The summed E-state index contributed by atoms with van der Waals surface area (Å²) in [6.45, 7) is 0. The van der Waals surface area contributed by atoms with E-state index in [2.05, 4.69) is 67.3 Å². The third-order valence-corrected chi connectivity index (χ3v) is 8.14. The van der Waals surface area contributed by atoms with Gasteiger partial charge in [0.1, 0.15) is 0 Å². The third-order valence-electron chi connectivity index (χ3n) is 2.78. The third kappa shape index (κ3) is 2.35. The SMILES string of the molecule is CN(C)P(=S)(c1ccccc1)c1ccccc1. The van der Waals surface area contributed by atoms with Crippen molar-refractivity contribution in [1.29, 1.82) is 0 Å². The van der Waals surface area contributed by atoms with Crippen LogP contribution < -0.4 is 10.6 Å². The van der Waals surface area contributed by atoms with Crippen molar-refractivity contribution in [3.63, 3.8) is 0 Å². The average Bonchev–Trinajstić information content (AvgIpc) is 2.39. The molecule has 0 bridgehead atoms. The zero-order valence-corrected chi connectivity index (χ0v) is 11.8. The van der Waals surface area contributed by atoms with E-state index in [1.54, 1.807) is 0 Å². The van der Waals surface area contributed by atoms with Crippen molar-refractivity contribution in [2.24, 2.45) is 0 Å². The van der Waals surface area contributed by atoms with Crippen LogP contribution in [0, 0.1) is 0 Å². The first-order valence-electron chi connectivity index (χ1n) is 5.55. The van der Waals surface area contributed by atoms with E-state index in [4.69, 9.17) is 11.8 Å². The Bertz CT molecular complexity index is 479. The molecule has 0 fully saturated rings. The van der Waals surface area contributed by atoms with E-state index in [1.807, 2.05) is 12.1 Å². The van der Waals surface area contributed by atoms with Crippen molar-refractivity contribution in [1.82, 2.24) is 4.67 Å². The first-order chi connectivity index (χ1) is 8.15. The van der Waals surface area contributed by atoms with Crippen molar-refractivity contribution < 1.29 is 0 Å². The maximum atomic E-state index is 6.00. The first kappa shape index (κ1) is 12.5. The van der Waals surface area contributed by atoms with Crippen molar-refractivity contribution in [2.75, 3.05) is 14.1 Å². The van der Waals surface area contributed by atoms with Gasteiger partial charge in [0.2, 0.25) is 0 Å². The normalized spacial score (nSPS) is 11.7. The minimum atomic E-state index is -1.83. The van der Waals surface area contributed by atoms with E-state index in [1.165, 1.54) is 10.6 Å². The summed E-state index contributed by atoms with van der Waals surface area (Å²) in [6, 6.07) is 20.8. The number of hydrogen-bond donors (Lipinski definition) is 0. The molecule has 2 aromatic carbocycles. The molecule has 0 aromatic heterocycles. The highest BCUT2D eigenvalue weighted by molar-refractivity contribution is 8.20. The molecule has 88 valence electrons. The highest BCUT2D eigenvalue weighted by atomic mass is 32.4. The second-order valence-electron chi connectivity index (χ2n) is 4.09. The van der Waals surface area contributed by atoms with Gasteiger partial charge in [-0.15, -0.1) is 0 Å². The van der Waals surface area contributed by atoms with Crippen molar-refractivity contribution in [3.05, 3.63) is 60.7 Å². The number of rotatable bonds is 3. The Morgan fingerprint density at radius 3 is 1.41 bits per heavy atom. The van der Waals surface area contributed by atoms with Gasteiger partial charge < -0.3 is 0 Å². The van der Waals surface area contributed by atoms with Crippen LogP contribution in [0.25, 0.3) is 0 Å². The molecule has 0 aliphatic carbocycles. The van der Waals surface area contributed by atoms with Gasteiger partial charge in [0.05, 0.1) is 6.19 Å². The molecule has 0 N–H and O–H groups in total. The molecule has 0 unspecified atom stereocenters. The lowest BCUT2D eigenvalue weighted by Crippen LogP contribution is -2.26. The van der Waals surface area contributed by atoms with Crippen LogP contribution in [0.3, 0.4) is 0 Å². The summed E-state index contributed by atoms with van der Waals surface area (Å²) in [4.78, 5) is 0. The summed E-state index contributed by atoms with van der Waals surface area (Å²) >= 11 is 6.00. The maximum absolute atomic E-state index is 6.00. The van der Waals surface area contributed by atoms with E-state index < -0.39 is 6.19 Å². The molecular formula is C14H16NPS. The Kier molecular flexibility index (Phi) is 3.78. The summed E-state index contributed by atoms with van der Waals surface area (Å²) in [5.74, 6) is 0. The molecule has 0 aliphatic heterocycles. The zero-order valence-electron chi connectivity index (χ0n) is 10.1. The summed E-state index contributed by atoms with van der Waals surface area (Å²) in [5, 5.41) is 2.48. The van der Waals surface area contributed by atoms with Gasteiger partial charge in [-0.3, -0.25) is 4.67 Å². The van der Waals surface area contributed by atoms with Gasteiger partial charge in [0.15, 0.2) is 0 Å². The standard InChI is InChI=1S/C14H16NPS/c1-15(2)16(17,13-9-5-3-6-10-13)14-11-7-4-8-12-14/h3-12H,1-2H3. The molecule has 0 atom stereocenters. The lowest BCUT2D eigenvalue weighted by molar-refractivity contribution is 0.688. The Morgan fingerprint density at radius 1 is 0.765 bits per heavy atom. The van der Waals surface area contributed by atoms with Crippen LogP contribution >= 0.6 is 6.19 Å². The van der Waals surface area contributed by atoms with Gasteiger partial charge in [-0.25, -0.2) is 0 Å². The molecule has 0 radical (unpaired) electrons. The highest BCUT2D eigenvalue weighted by Crippen LogP contribution is 2.45. The first-order valence-corrected chi connectivity index (χ1v) is 8.30. The van der Waals surface area contributed by atoms with E-state index >= 15 is 0 Å². The summed E-state index contributed by atoms with van der Waals surface area (Å²) in [7, 11) is 4.14. The van der Waals surface area contributed by atoms with Gasteiger partial charge in [0, 0.05) is 10.6 Å². The molecule has 0 heterocycles. The van der Waals surface area contributed by atoms with E-state index in [-0.39, 0.29) is 0 Å². The second-order valence-corrected chi connectivity index (χ2v) is 8.66. The number of nitrogens with zero attached hydrogens (tertiary/aromatic N) is 1. The van der Waals surface area contributed by atoms with Crippen LogP contribution in [0.4, 0.5) is 0 Å². The predicted octanol–water partition coefficient (Wildman–Crippen LogP) is 2.59. The van der Waals surface area contributed by atoms with Crippen LogP contribution in [0.1, 0.15) is 0 Å².